The topological polar surface area (TPSA) is 80.2 Å². The van der Waals surface area contributed by atoms with E-state index in [0.29, 0.717) is 29.9 Å². The Hall–Kier alpha value is -2.91. The molecule has 202 valence electrons. The quantitative estimate of drug-likeness (QED) is 0.507. The van der Waals surface area contributed by atoms with E-state index in [2.05, 4.69) is 15.3 Å². The lowest BCUT2D eigenvalue weighted by Crippen LogP contribution is -2.45. The molecule has 3 heterocycles. The maximum atomic E-state index is 12.7. The van der Waals surface area contributed by atoms with Crippen molar-refractivity contribution in [3.63, 3.8) is 0 Å². The molecule has 0 radical (unpaired) electrons. The number of carbonyl (C=O) groups is 1. The van der Waals surface area contributed by atoms with Crippen LogP contribution in [0.5, 0.6) is 5.75 Å². The number of halogens is 3. The number of aryl methyl sites for hydroxylation is 1. The van der Waals surface area contributed by atoms with Crippen LogP contribution in [0.1, 0.15) is 72.1 Å². The summed E-state index contributed by atoms with van der Waals surface area (Å²) in [4.78, 5) is 26.8. The first kappa shape index (κ1) is 31.1. The molecule has 0 aromatic carbocycles. The number of pyridine rings is 1. The number of hydrogen-bond donors (Lipinski definition) is 1. The maximum absolute atomic E-state index is 12.7. The van der Waals surface area contributed by atoms with Crippen molar-refractivity contribution in [2.75, 3.05) is 23.9 Å². The molecule has 3 atom stereocenters. The van der Waals surface area contributed by atoms with Gasteiger partial charge in [-0.2, -0.15) is 13.2 Å². The number of anilines is 2. The van der Waals surface area contributed by atoms with E-state index in [9.17, 15) is 18.0 Å². The first-order chi connectivity index (χ1) is 15.6. The summed E-state index contributed by atoms with van der Waals surface area (Å²) in [5, 5.41) is 2.90. The molecule has 2 aliphatic rings. The Morgan fingerprint density at radius 1 is 1.14 bits per heavy atom. The summed E-state index contributed by atoms with van der Waals surface area (Å²) in [6.07, 6.45) is 1.50. The zero-order valence-corrected chi connectivity index (χ0v) is 18.9. The van der Waals surface area contributed by atoms with Gasteiger partial charge in [-0.1, -0.05) is 28.7 Å². The highest BCUT2D eigenvalue weighted by Gasteiger charge is 2.33. The Balaban J connectivity index is 0.00000216. The average Bonchev–Trinajstić information content (AvgIpc) is 2.77. The van der Waals surface area contributed by atoms with Crippen molar-refractivity contribution in [1.29, 1.82) is 0 Å². The van der Waals surface area contributed by atoms with Gasteiger partial charge in [-0.15, -0.1) is 0 Å². The van der Waals surface area contributed by atoms with Crippen LogP contribution in [0, 0.1) is 18.8 Å². The fourth-order valence-corrected chi connectivity index (χ4v) is 4.54. The van der Waals surface area contributed by atoms with Gasteiger partial charge in [0.2, 0.25) is 5.91 Å². The Morgan fingerprint density at radius 3 is 2.47 bits per heavy atom. The number of aromatic nitrogens is 3. The normalized spacial score (nSPS) is 21.2. The fourth-order valence-electron chi connectivity index (χ4n) is 4.54. The van der Waals surface area contributed by atoms with Crippen molar-refractivity contribution >= 4 is 17.4 Å². The van der Waals surface area contributed by atoms with Gasteiger partial charge in [-0.25, -0.2) is 15.0 Å². The zero-order chi connectivity index (χ0) is 23.8. The fraction of sp³-hybridized carbons (Fsp3) is 0.615. The summed E-state index contributed by atoms with van der Waals surface area (Å²) in [5.74, 6) is 2.50. The Labute approximate surface area is 212 Å². The van der Waals surface area contributed by atoms with Crippen LogP contribution in [-0.2, 0) is 17.4 Å². The number of hydrogen-bond acceptors (Lipinski definition) is 6. The van der Waals surface area contributed by atoms with Crippen LogP contribution in [0.2, 0.25) is 0 Å². The number of alkyl halides is 3. The number of nitrogens with one attached hydrogen (secondary N) is 1. The smallest absolute Gasteiger partial charge is 0.433 e. The average molecular weight is 512 g/mol. The maximum Gasteiger partial charge on any atom is 0.433 e. The van der Waals surface area contributed by atoms with E-state index >= 15 is 0 Å². The van der Waals surface area contributed by atoms with Gasteiger partial charge in [-0.05, 0) is 57.1 Å². The third-order valence-electron chi connectivity index (χ3n) is 6.53. The summed E-state index contributed by atoms with van der Waals surface area (Å²) >= 11 is 0. The molecule has 0 bridgehead atoms. The van der Waals surface area contributed by atoms with E-state index in [0.717, 1.165) is 61.7 Å². The summed E-state index contributed by atoms with van der Waals surface area (Å²) in [7, 11) is 1.86. The molecule has 1 saturated carbocycles. The van der Waals surface area contributed by atoms with E-state index in [4.69, 9.17) is 9.72 Å². The van der Waals surface area contributed by atoms with Gasteiger partial charge in [0.15, 0.2) is 5.82 Å². The summed E-state index contributed by atoms with van der Waals surface area (Å²) in [6, 6.07) is 1.96. The molecule has 0 unspecified atom stereocenters. The molecule has 2 aromatic rings. The number of likely N-dealkylation sites (N-methyl/N-ethyl adjacent to an activating group) is 1. The Morgan fingerprint density at radius 2 is 1.83 bits per heavy atom. The van der Waals surface area contributed by atoms with Crippen LogP contribution in [0.25, 0.3) is 0 Å². The molecule has 7 nitrogen and oxygen atoms in total. The summed E-state index contributed by atoms with van der Waals surface area (Å²) in [5.41, 5.74) is 0.504. The van der Waals surface area contributed by atoms with Gasteiger partial charge in [0.05, 0.1) is 18.5 Å². The van der Waals surface area contributed by atoms with E-state index in [-0.39, 0.29) is 34.2 Å². The van der Waals surface area contributed by atoms with Gasteiger partial charge in [0, 0.05) is 13.5 Å². The second-order valence-electron chi connectivity index (χ2n) is 8.99. The van der Waals surface area contributed by atoms with Gasteiger partial charge in [-0.3, -0.25) is 4.79 Å². The second-order valence-corrected chi connectivity index (χ2v) is 8.99. The lowest BCUT2D eigenvalue weighted by Gasteiger charge is -2.33. The van der Waals surface area contributed by atoms with Crippen molar-refractivity contribution in [3.05, 3.63) is 35.5 Å². The van der Waals surface area contributed by atoms with Gasteiger partial charge < -0.3 is 15.0 Å². The SMILES string of the molecule is C.C.C.Cc1nc(C[C@@H]2CCC[C@@H](COc3ccc(C(F)(F)F)nc3)C2)nc2c1NC(=O)[C@H](C)N2C. The Kier molecular flexibility index (Phi) is 10.7. The van der Waals surface area contributed by atoms with Gasteiger partial charge in [0.1, 0.15) is 29.0 Å². The summed E-state index contributed by atoms with van der Waals surface area (Å²) < 4.78 is 43.7. The number of nitrogens with zero attached hydrogens (tertiary/aromatic N) is 4. The molecule has 1 N–H and O–H groups in total. The van der Waals surface area contributed by atoms with Crippen LogP contribution in [0.15, 0.2) is 18.3 Å². The molecular weight excluding hydrogens is 471 g/mol. The van der Waals surface area contributed by atoms with E-state index < -0.39 is 11.9 Å². The predicted octanol–water partition coefficient (Wildman–Crippen LogP) is 6.31. The van der Waals surface area contributed by atoms with Crippen molar-refractivity contribution in [3.8, 4) is 5.75 Å². The van der Waals surface area contributed by atoms with Crippen molar-refractivity contribution in [2.24, 2.45) is 11.8 Å². The molecule has 1 fully saturated rings. The third-order valence-corrected chi connectivity index (χ3v) is 6.53. The highest BCUT2D eigenvalue weighted by molar-refractivity contribution is 6.02. The van der Waals surface area contributed by atoms with Crippen LogP contribution >= 0.6 is 0 Å². The molecule has 10 heteroatoms. The zero-order valence-electron chi connectivity index (χ0n) is 18.9. The highest BCUT2D eigenvalue weighted by atomic mass is 19.4. The van der Waals surface area contributed by atoms with Crippen LogP contribution in [0.4, 0.5) is 24.7 Å². The summed E-state index contributed by atoms with van der Waals surface area (Å²) in [6.45, 7) is 4.16. The van der Waals surface area contributed by atoms with Crippen LogP contribution in [0.3, 0.4) is 0 Å². The Bertz CT molecular complexity index is 1010. The largest absolute Gasteiger partial charge is 0.492 e. The van der Waals surface area contributed by atoms with E-state index in [1.54, 1.807) is 0 Å². The van der Waals surface area contributed by atoms with Crippen molar-refractivity contribution < 1.29 is 22.7 Å². The number of rotatable bonds is 5. The number of ether oxygens (including phenoxy) is 1. The second kappa shape index (κ2) is 12.4. The lowest BCUT2D eigenvalue weighted by molar-refractivity contribution is -0.141. The van der Waals surface area contributed by atoms with Crippen molar-refractivity contribution in [1.82, 2.24) is 15.0 Å². The minimum absolute atomic E-state index is 0. The molecule has 0 saturated heterocycles. The third kappa shape index (κ3) is 6.85. The van der Waals surface area contributed by atoms with Gasteiger partial charge in [0.25, 0.3) is 0 Å². The predicted molar refractivity (Wildman–Crippen MR) is 137 cm³/mol. The van der Waals surface area contributed by atoms with Crippen LogP contribution in [-0.4, -0.2) is 40.6 Å². The molecular formula is C26H40F3N5O2. The van der Waals surface area contributed by atoms with E-state index in [1.807, 2.05) is 25.8 Å². The molecule has 2 aromatic heterocycles. The van der Waals surface area contributed by atoms with Crippen LogP contribution < -0.4 is 15.0 Å². The minimum atomic E-state index is -4.45. The molecule has 1 aliphatic heterocycles. The first-order valence-corrected chi connectivity index (χ1v) is 11.2. The minimum Gasteiger partial charge on any atom is -0.492 e. The molecule has 0 spiro atoms. The highest BCUT2D eigenvalue weighted by Crippen LogP contribution is 2.35. The molecule has 1 aliphatic carbocycles. The number of amides is 1. The molecule has 4 rings (SSSR count). The number of carbonyl (C=O) groups excluding carboxylic acids is 1. The first-order valence-electron chi connectivity index (χ1n) is 11.2. The monoisotopic (exact) mass is 511 g/mol. The van der Waals surface area contributed by atoms with Crippen molar-refractivity contribution in [2.45, 2.75) is 80.4 Å². The van der Waals surface area contributed by atoms with E-state index in [1.165, 1.54) is 6.07 Å². The lowest BCUT2D eigenvalue weighted by atomic mass is 9.80. The molecule has 36 heavy (non-hydrogen) atoms. The standard InChI is InChI=1S/C23H28F3N5O2.3CH4/c1-13-20-21(31(3)14(2)22(32)30-20)29-19(28-13)10-15-5-4-6-16(9-15)12-33-17-7-8-18(27-11-17)23(24,25)26;;;/h7-8,11,14-16H,4-6,9-10,12H2,1-3H3,(H,30,32);3*1H4/t14-,15+,16+;;;/m0.../s1. The number of fused-ring (bicyclic) bond motifs is 1. The molecule has 1 amide bonds. The van der Waals surface area contributed by atoms with Gasteiger partial charge >= 0.3 is 6.18 Å².